The third kappa shape index (κ3) is 4.48. The van der Waals surface area contributed by atoms with Gasteiger partial charge in [0.25, 0.3) is 5.91 Å². The van der Waals surface area contributed by atoms with Crippen LogP contribution in [0.1, 0.15) is 47.2 Å². The van der Waals surface area contributed by atoms with Gasteiger partial charge in [0.2, 0.25) is 12.5 Å². The summed E-state index contributed by atoms with van der Waals surface area (Å²) >= 11 is 0. The van der Waals surface area contributed by atoms with Crippen LogP contribution in [0.2, 0.25) is 0 Å². The molecule has 9 heteroatoms. The van der Waals surface area contributed by atoms with Crippen molar-refractivity contribution in [1.82, 2.24) is 14.7 Å². The zero-order valence-corrected chi connectivity index (χ0v) is 17.8. The van der Waals surface area contributed by atoms with Crippen molar-refractivity contribution in [1.29, 1.82) is 5.26 Å². The number of nitriles is 1. The van der Waals surface area contributed by atoms with Crippen molar-refractivity contribution < 1.29 is 9.59 Å². The summed E-state index contributed by atoms with van der Waals surface area (Å²) in [5.74, 6) is -0.643. The number of aromatic nitrogens is 2. The minimum atomic E-state index is -0.654. The number of likely N-dealkylation sites (tertiary alicyclic amines) is 1. The molecular formula is C23H25N7O2. The molecule has 4 rings (SSSR count). The number of amides is 2. The zero-order valence-electron chi connectivity index (χ0n) is 17.8. The maximum Gasteiger partial charge on any atom is 0.254 e. The Morgan fingerprint density at radius 2 is 1.97 bits per heavy atom. The van der Waals surface area contributed by atoms with E-state index in [1.807, 2.05) is 24.3 Å². The van der Waals surface area contributed by atoms with Gasteiger partial charge in [-0.1, -0.05) is 12.1 Å². The molecule has 0 atom stereocenters. The molecule has 1 saturated heterocycles. The molecule has 9 nitrogen and oxygen atoms in total. The van der Waals surface area contributed by atoms with E-state index in [4.69, 9.17) is 17.6 Å². The summed E-state index contributed by atoms with van der Waals surface area (Å²) in [5.41, 5.74) is 6.91. The molecule has 0 radical (unpaired) electrons. The van der Waals surface area contributed by atoms with E-state index in [-0.39, 0.29) is 29.8 Å². The van der Waals surface area contributed by atoms with Crippen LogP contribution in [-0.2, 0) is 16.9 Å². The highest BCUT2D eigenvalue weighted by Gasteiger charge is 2.41. The molecule has 3 N–H and O–H groups in total. The number of benzene rings is 1. The molecule has 0 spiro atoms. The number of nitrogens with one attached hydrogen (secondary N) is 1. The summed E-state index contributed by atoms with van der Waals surface area (Å²) in [4.78, 5) is 30.1. The van der Waals surface area contributed by atoms with E-state index in [1.54, 1.807) is 10.9 Å². The first-order chi connectivity index (χ1) is 15.4. The highest BCUT2D eigenvalue weighted by atomic mass is 16.2. The number of primary amides is 1. The Labute approximate surface area is 186 Å². The number of nitrogens with zero attached hydrogens (tertiary/aromatic N) is 5. The third-order valence-electron chi connectivity index (χ3n) is 6.30. The number of carbonyl (C=O) groups excluding carboxylic acids is 2. The average Bonchev–Trinajstić information content (AvgIpc) is 3.56. The monoisotopic (exact) mass is 431 g/mol. The highest BCUT2D eigenvalue weighted by molar-refractivity contribution is 6.02. The third-order valence-corrected chi connectivity index (χ3v) is 6.30. The van der Waals surface area contributed by atoms with Gasteiger partial charge >= 0.3 is 0 Å². The minimum absolute atomic E-state index is 0.0245. The van der Waals surface area contributed by atoms with Crippen LogP contribution in [0.4, 0.5) is 5.82 Å². The van der Waals surface area contributed by atoms with E-state index in [2.05, 4.69) is 26.2 Å². The van der Waals surface area contributed by atoms with Gasteiger partial charge in [0.05, 0.1) is 11.6 Å². The van der Waals surface area contributed by atoms with Crippen LogP contribution in [0.5, 0.6) is 0 Å². The summed E-state index contributed by atoms with van der Waals surface area (Å²) in [5, 5.41) is 16.2. The fraction of sp³-hybridized carbons (Fsp3) is 0.435. The Hall–Kier alpha value is -3.69. The normalized spacial score (nSPS) is 17.8. The second-order valence-corrected chi connectivity index (χ2v) is 8.59. The molecule has 1 aliphatic heterocycles. The Morgan fingerprint density at radius 1 is 1.28 bits per heavy atom. The predicted molar refractivity (Wildman–Crippen MR) is 117 cm³/mol. The molecule has 0 unspecified atom stereocenters. The Morgan fingerprint density at radius 3 is 2.53 bits per heavy atom. The number of piperidine rings is 1. The molecule has 1 aromatic heterocycles. The quantitative estimate of drug-likeness (QED) is 0.651. The van der Waals surface area contributed by atoms with Crippen LogP contribution in [0.25, 0.3) is 4.85 Å². The molecule has 1 aromatic carbocycles. The van der Waals surface area contributed by atoms with Gasteiger partial charge < -0.3 is 15.9 Å². The van der Waals surface area contributed by atoms with E-state index in [1.165, 1.54) is 0 Å². The molecular weight excluding hydrogens is 406 g/mol. The molecule has 164 valence electrons. The smallest absolute Gasteiger partial charge is 0.254 e. The zero-order chi connectivity index (χ0) is 22.7. The van der Waals surface area contributed by atoms with Crippen molar-refractivity contribution in [2.45, 2.75) is 37.8 Å². The SMILES string of the molecule is [C-]#[N+]CC1(n2cc(C(N)=O)c(NC(=O)C3CC3)n2)CCN(Cc2ccc(C#N)cc2)CC1. The Kier molecular flexibility index (Phi) is 5.93. The fourth-order valence-corrected chi connectivity index (χ4v) is 4.13. The molecule has 1 aliphatic carbocycles. The first kappa shape index (κ1) is 21.5. The molecule has 0 bridgehead atoms. The van der Waals surface area contributed by atoms with E-state index in [9.17, 15) is 9.59 Å². The van der Waals surface area contributed by atoms with Gasteiger partial charge in [-0.3, -0.25) is 19.2 Å². The second kappa shape index (κ2) is 8.81. The minimum Gasteiger partial charge on any atom is -0.365 e. The van der Waals surface area contributed by atoms with Crippen molar-refractivity contribution in [3.8, 4) is 6.07 Å². The molecule has 2 aromatic rings. The van der Waals surface area contributed by atoms with Crippen molar-refractivity contribution in [2.24, 2.45) is 11.7 Å². The van der Waals surface area contributed by atoms with Gasteiger partial charge in [-0.15, -0.1) is 0 Å². The average molecular weight is 432 g/mol. The Balaban J connectivity index is 1.50. The van der Waals surface area contributed by atoms with Crippen LogP contribution in [-0.4, -0.2) is 46.1 Å². The maximum atomic E-state index is 12.2. The lowest BCUT2D eigenvalue weighted by atomic mass is 9.87. The fourth-order valence-electron chi connectivity index (χ4n) is 4.13. The van der Waals surface area contributed by atoms with Crippen LogP contribution in [0.15, 0.2) is 30.5 Å². The Bertz CT molecular complexity index is 1090. The molecule has 2 fully saturated rings. The molecule has 2 amide bonds. The molecule has 32 heavy (non-hydrogen) atoms. The molecule has 1 saturated carbocycles. The van der Waals surface area contributed by atoms with Gasteiger partial charge in [-0.2, -0.15) is 10.4 Å². The number of carbonyl (C=O) groups is 2. The van der Waals surface area contributed by atoms with Gasteiger partial charge in [-0.05, 0) is 43.4 Å². The van der Waals surface area contributed by atoms with E-state index >= 15 is 0 Å². The van der Waals surface area contributed by atoms with Gasteiger partial charge in [0.15, 0.2) is 5.82 Å². The predicted octanol–water partition coefficient (Wildman–Crippen LogP) is 2.11. The topological polar surface area (TPSA) is 121 Å². The van der Waals surface area contributed by atoms with Gasteiger partial charge in [0.1, 0.15) is 11.1 Å². The number of hydrogen-bond acceptors (Lipinski definition) is 5. The maximum absolute atomic E-state index is 12.2. The highest BCUT2D eigenvalue weighted by Crippen LogP contribution is 2.34. The van der Waals surface area contributed by atoms with Crippen LogP contribution in [0.3, 0.4) is 0 Å². The molecule has 2 heterocycles. The number of rotatable bonds is 7. The van der Waals surface area contributed by atoms with Gasteiger partial charge in [-0.25, -0.2) is 6.57 Å². The van der Waals surface area contributed by atoms with Crippen LogP contribution >= 0.6 is 0 Å². The lowest BCUT2D eigenvalue weighted by Gasteiger charge is -2.38. The summed E-state index contributed by atoms with van der Waals surface area (Å²) in [6.45, 7) is 9.98. The number of hydrogen-bond donors (Lipinski definition) is 2. The standard InChI is InChI=1S/C23H25N7O2/c1-26-15-23(8-10-29(11-9-23)13-17-4-2-16(12-24)3-5-17)30-14-19(20(25)31)21(28-30)27-22(32)18-6-7-18/h2-5,14,18H,6-11,13,15H2,(H2,25,31)(H,27,28,32). The van der Waals surface area contributed by atoms with Crippen LogP contribution in [0, 0.1) is 23.8 Å². The summed E-state index contributed by atoms with van der Waals surface area (Å²) in [7, 11) is 0. The largest absolute Gasteiger partial charge is 0.365 e. The number of anilines is 1. The molecule has 2 aliphatic rings. The second-order valence-electron chi connectivity index (χ2n) is 8.59. The summed E-state index contributed by atoms with van der Waals surface area (Å²) in [6.07, 6.45) is 4.62. The van der Waals surface area contributed by atoms with Crippen LogP contribution < -0.4 is 11.1 Å². The van der Waals surface area contributed by atoms with Crippen molar-refractivity contribution in [2.75, 3.05) is 25.0 Å². The first-order valence-electron chi connectivity index (χ1n) is 10.7. The lowest BCUT2D eigenvalue weighted by molar-refractivity contribution is -0.117. The van der Waals surface area contributed by atoms with Gasteiger partial charge in [0, 0.05) is 31.7 Å². The van der Waals surface area contributed by atoms with Crippen molar-refractivity contribution >= 4 is 17.6 Å². The first-order valence-corrected chi connectivity index (χ1v) is 10.7. The van der Waals surface area contributed by atoms with Crippen molar-refractivity contribution in [3.63, 3.8) is 0 Å². The summed E-state index contributed by atoms with van der Waals surface area (Å²) < 4.78 is 1.67. The lowest BCUT2D eigenvalue weighted by Crippen LogP contribution is -2.47. The summed E-state index contributed by atoms with van der Waals surface area (Å²) in [6, 6.07) is 9.67. The number of nitrogens with two attached hydrogens (primary N) is 1. The van der Waals surface area contributed by atoms with Crippen molar-refractivity contribution in [3.05, 3.63) is 58.6 Å². The van der Waals surface area contributed by atoms with E-state index < -0.39 is 11.4 Å². The van der Waals surface area contributed by atoms with E-state index in [0.717, 1.165) is 38.0 Å². The van der Waals surface area contributed by atoms with E-state index in [0.29, 0.717) is 18.4 Å².